The molecule has 1 fully saturated rings. The van der Waals surface area contributed by atoms with Crippen LogP contribution in [0.5, 0.6) is 0 Å². The Morgan fingerprint density at radius 3 is 2.74 bits per heavy atom. The lowest BCUT2D eigenvalue weighted by Gasteiger charge is -2.36. The summed E-state index contributed by atoms with van der Waals surface area (Å²) in [6, 6.07) is 2.23. The first kappa shape index (κ1) is 20.3. The van der Waals surface area contributed by atoms with Gasteiger partial charge in [-0.25, -0.2) is 0 Å². The molecule has 3 unspecified atom stereocenters. The summed E-state index contributed by atoms with van der Waals surface area (Å²) in [7, 11) is 0. The number of nitrogens with one attached hydrogen (secondary N) is 1. The average molecular weight is 392 g/mol. The highest BCUT2D eigenvalue weighted by molar-refractivity contribution is 7.10. The number of nitrogens with zero attached hydrogens (tertiary/aromatic N) is 2. The molecule has 1 saturated heterocycles. The van der Waals surface area contributed by atoms with E-state index in [4.69, 9.17) is 0 Å². The van der Waals surface area contributed by atoms with Gasteiger partial charge in [0, 0.05) is 56.5 Å². The zero-order valence-electron chi connectivity index (χ0n) is 16.9. The zero-order chi connectivity index (χ0) is 19.4. The van der Waals surface area contributed by atoms with Crippen molar-refractivity contribution >= 4 is 23.2 Å². The highest BCUT2D eigenvalue weighted by Crippen LogP contribution is 2.24. The standard InChI is InChI=1S/C21H33N3O2S/c1-15-10-16(2)12-23(11-15)13-17(3)22-20(25)4-5-21(26)24-8-6-19-18(14-24)7-9-27-19/h7,9,15-17H,4-6,8,10-14H2,1-3H3,(H,22,25). The van der Waals surface area contributed by atoms with E-state index in [1.54, 1.807) is 11.3 Å². The zero-order valence-corrected chi connectivity index (χ0v) is 17.7. The van der Waals surface area contributed by atoms with E-state index < -0.39 is 0 Å². The quantitative estimate of drug-likeness (QED) is 0.811. The van der Waals surface area contributed by atoms with Crippen molar-refractivity contribution in [3.05, 3.63) is 21.9 Å². The van der Waals surface area contributed by atoms with E-state index in [1.165, 1.54) is 16.9 Å². The van der Waals surface area contributed by atoms with Gasteiger partial charge in [0.25, 0.3) is 0 Å². The first-order chi connectivity index (χ1) is 12.9. The predicted molar refractivity (Wildman–Crippen MR) is 110 cm³/mol. The molecule has 2 aliphatic heterocycles. The van der Waals surface area contributed by atoms with Crippen molar-refractivity contribution < 1.29 is 9.59 Å². The molecule has 6 heteroatoms. The Morgan fingerprint density at radius 2 is 2.00 bits per heavy atom. The van der Waals surface area contributed by atoms with Crippen molar-refractivity contribution in [2.45, 2.75) is 59.0 Å². The van der Waals surface area contributed by atoms with Crippen LogP contribution in [-0.4, -0.2) is 53.8 Å². The van der Waals surface area contributed by atoms with E-state index in [1.807, 2.05) is 4.90 Å². The summed E-state index contributed by atoms with van der Waals surface area (Å²) in [5.41, 5.74) is 1.27. The number of carbonyl (C=O) groups is 2. The first-order valence-corrected chi connectivity index (χ1v) is 11.1. The van der Waals surface area contributed by atoms with Crippen molar-refractivity contribution in [2.75, 3.05) is 26.2 Å². The lowest BCUT2D eigenvalue weighted by Crippen LogP contribution is -2.47. The third kappa shape index (κ3) is 5.79. The summed E-state index contributed by atoms with van der Waals surface area (Å²) >= 11 is 1.77. The van der Waals surface area contributed by atoms with Gasteiger partial charge in [-0.15, -0.1) is 11.3 Å². The SMILES string of the molecule is CC1CC(C)CN(CC(C)NC(=O)CCC(=O)N2CCc3sccc3C2)C1. The van der Waals surface area contributed by atoms with E-state index in [9.17, 15) is 9.59 Å². The Kier molecular flexibility index (Phi) is 6.93. The molecule has 150 valence electrons. The molecule has 0 aliphatic carbocycles. The molecule has 3 atom stereocenters. The molecule has 0 aromatic carbocycles. The molecule has 1 aromatic rings. The maximum absolute atomic E-state index is 12.5. The number of fused-ring (bicyclic) bond motifs is 1. The Labute approximate surface area is 167 Å². The smallest absolute Gasteiger partial charge is 0.223 e. The highest BCUT2D eigenvalue weighted by Gasteiger charge is 2.24. The van der Waals surface area contributed by atoms with Crippen LogP contribution in [0.3, 0.4) is 0 Å². The van der Waals surface area contributed by atoms with Crippen LogP contribution >= 0.6 is 11.3 Å². The van der Waals surface area contributed by atoms with Crippen LogP contribution in [0.1, 0.15) is 50.5 Å². The minimum Gasteiger partial charge on any atom is -0.352 e. The Hall–Kier alpha value is -1.40. The normalized spacial score (nSPS) is 24.3. The number of carbonyl (C=O) groups excluding carboxylic acids is 2. The minimum absolute atomic E-state index is 0.0119. The summed E-state index contributed by atoms with van der Waals surface area (Å²) in [5.74, 6) is 1.53. The van der Waals surface area contributed by atoms with Crippen LogP contribution in [0.4, 0.5) is 0 Å². The molecule has 5 nitrogen and oxygen atoms in total. The largest absolute Gasteiger partial charge is 0.352 e. The molecule has 1 aromatic heterocycles. The number of rotatable bonds is 6. The van der Waals surface area contributed by atoms with Gasteiger partial charge in [0.2, 0.25) is 11.8 Å². The van der Waals surface area contributed by atoms with Gasteiger partial charge in [0.1, 0.15) is 0 Å². The molecule has 3 rings (SSSR count). The van der Waals surface area contributed by atoms with Crippen molar-refractivity contribution in [1.82, 2.24) is 15.1 Å². The van der Waals surface area contributed by atoms with Gasteiger partial charge in [0.05, 0.1) is 0 Å². The minimum atomic E-state index is -0.0119. The van der Waals surface area contributed by atoms with Crippen LogP contribution in [-0.2, 0) is 22.6 Å². The molecule has 1 N–H and O–H groups in total. The second-order valence-corrected chi connectivity index (χ2v) is 9.57. The van der Waals surface area contributed by atoms with Gasteiger partial charge in [0.15, 0.2) is 0 Å². The average Bonchev–Trinajstić information content (AvgIpc) is 3.06. The van der Waals surface area contributed by atoms with Crippen LogP contribution in [0.15, 0.2) is 11.4 Å². The fourth-order valence-electron chi connectivity index (χ4n) is 4.56. The first-order valence-electron chi connectivity index (χ1n) is 10.3. The van der Waals surface area contributed by atoms with Crippen LogP contribution < -0.4 is 5.32 Å². The monoisotopic (exact) mass is 391 g/mol. The van der Waals surface area contributed by atoms with E-state index >= 15 is 0 Å². The third-order valence-corrected chi connectivity index (χ3v) is 6.63. The van der Waals surface area contributed by atoms with Crippen LogP contribution in [0.25, 0.3) is 0 Å². The van der Waals surface area contributed by atoms with Gasteiger partial charge < -0.3 is 15.1 Å². The van der Waals surface area contributed by atoms with Crippen molar-refractivity contribution in [3.63, 3.8) is 0 Å². The molecular formula is C21H33N3O2S. The topological polar surface area (TPSA) is 52.7 Å². The second kappa shape index (κ2) is 9.20. The number of hydrogen-bond acceptors (Lipinski definition) is 4. The summed E-state index contributed by atoms with van der Waals surface area (Å²) in [4.78, 5) is 30.5. The van der Waals surface area contributed by atoms with E-state index in [0.717, 1.165) is 44.4 Å². The second-order valence-electron chi connectivity index (χ2n) is 8.57. The third-order valence-electron chi connectivity index (χ3n) is 5.61. The summed E-state index contributed by atoms with van der Waals surface area (Å²) in [6.45, 7) is 11.3. The molecule has 2 aliphatic rings. The van der Waals surface area contributed by atoms with Crippen molar-refractivity contribution in [3.8, 4) is 0 Å². The summed E-state index contributed by atoms with van der Waals surface area (Å²) in [6.07, 6.45) is 2.82. The van der Waals surface area contributed by atoms with Gasteiger partial charge in [-0.05, 0) is 48.6 Å². The van der Waals surface area contributed by atoms with Crippen LogP contribution in [0.2, 0.25) is 0 Å². The van der Waals surface area contributed by atoms with E-state index in [-0.39, 0.29) is 24.3 Å². The van der Waals surface area contributed by atoms with Gasteiger partial charge in [-0.3, -0.25) is 9.59 Å². The lowest BCUT2D eigenvalue weighted by atomic mass is 9.92. The highest BCUT2D eigenvalue weighted by atomic mass is 32.1. The van der Waals surface area contributed by atoms with E-state index in [0.29, 0.717) is 13.0 Å². The number of hydrogen-bond donors (Lipinski definition) is 1. The van der Waals surface area contributed by atoms with Gasteiger partial charge >= 0.3 is 0 Å². The van der Waals surface area contributed by atoms with Crippen molar-refractivity contribution in [1.29, 1.82) is 0 Å². The molecule has 27 heavy (non-hydrogen) atoms. The number of piperidine rings is 1. The van der Waals surface area contributed by atoms with Gasteiger partial charge in [-0.2, -0.15) is 0 Å². The predicted octanol–water partition coefficient (Wildman–Crippen LogP) is 2.90. The Balaban J connectivity index is 1.37. The Bertz CT molecular complexity index is 650. The Morgan fingerprint density at radius 1 is 1.26 bits per heavy atom. The maximum atomic E-state index is 12.5. The molecule has 3 heterocycles. The molecular weight excluding hydrogens is 358 g/mol. The maximum Gasteiger partial charge on any atom is 0.223 e. The molecule has 0 saturated carbocycles. The molecule has 2 amide bonds. The molecule has 0 bridgehead atoms. The molecule has 0 spiro atoms. The molecule has 0 radical (unpaired) electrons. The number of thiophene rings is 1. The van der Waals surface area contributed by atoms with Gasteiger partial charge in [-0.1, -0.05) is 13.8 Å². The summed E-state index contributed by atoms with van der Waals surface area (Å²) in [5, 5.41) is 5.17. The van der Waals surface area contributed by atoms with E-state index in [2.05, 4.69) is 42.4 Å². The van der Waals surface area contributed by atoms with Crippen LogP contribution in [0, 0.1) is 11.8 Å². The lowest BCUT2D eigenvalue weighted by molar-refractivity contribution is -0.134. The summed E-state index contributed by atoms with van der Waals surface area (Å²) < 4.78 is 0. The number of amides is 2. The fraction of sp³-hybridized carbons (Fsp3) is 0.714. The fourth-order valence-corrected chi connectivity index (χ4v) is 5.45. The number of likely N-dealkylation sites (tertiary alicyclic amines) is 1. The van der Waals surface area contributed by atoms with Crippen molar-refractivity contribution in [2.24, 2.45) is 11.8 Å².